The molecule has 0 amide bonds. The Bertz CT molecular complexity index is 345. The Morgan fingerprint density at radius 1 is 1.64 bits per heavy atom. The monoisotopic (exact) mass is 194 g/mol. The smallest absolute Gasteiger partial charge is 0.0631 e. The molecule has 1 aromatic rings. The van der Waals surface area contributed by atoms with Crippen LogP contribution >= 0.6 is 0 Å². The summed E-state index contributed by atoms with van der Waals surface area (Å²) in [4.78, 5) is 0. The van der Waals surface area contributed by atoms with Gasteiger partial charge in [0.2, 0.25) is 0 Å². The summed E-state index contributed by atoms with van der Waals surface area (Å²) in [5, 5.41) is 14.0. The molecule has 0 aliphatic heterocycles. The zero-order valence-corrected chi connectivity index (χ0v) is 9.12. The zero-order chi connectivity index (χ0) is 10.3. The lowest BCUT2D eigenvalue weighted by molar-refractivity contribution is 0.175. The Hall–Kier alpha value is -0.830. The van der Waals surface area contributed by atoms with E-state index >= 15 is 0 Å². The van der Waals surface area contributed by atoms with E-state index in [4.69, 9.17) is 0 Å². The third kappa shape index (κ3) is 1.46. The summed E-state index contributed by atoms with van der Waals surface area (Å²) in [6, 6.07) is 0. The van der Waals surface area contributed by atoms with E-state index in [1.807, 2.05) is 18.7 Å². The summed E-state index contributed by atoms with van der Waals surface area (Å²) in [5.41, 5.74) is 2.54. The molecule has 14 heavy (non-hydrogen) atoms. The molecule has 3 nitrogen and oxygen atoms in total. The minimum Gasteiger partial charge on any atom is -0.393 e. The van der Waals surface area contributed by atoms with Crippen molar-refractivity contribution in [2.24, 2.45) is 7.05 Å². The molecule has 1 aromatic heterocycles. The third-order valence-electron chi connectivity index (χ3n) is 3.38. The molecule has 1 saturated carbocycles. The predicted octanol–water partition coefficient (Wildman–Crippen LogP) is 1.53. The van der Waals surface area contributed by atoms with Crippen LogP contribution in [-0.4, -0.2) is 21.0 Å². The molecule has 1 aliphatic rings. The molecule has 2 atom stereocenters. The number of nitrogens with zero attached hydrogens (tertiary/aromatic N) is 2. The van der Waals surface area contributed by atoms with E-state index in [1.165, 1.54) is 5.56 Å². The van der Waals surface area contributed by atoms with Crippen molar-refractivity contribution in [2.75, 3.05) is 0 Å². The van der Waals surface area contributed by atoms with Gasteiger partial charge in [0.05, 0.1) is 11.8 Å². The second-order valence-electron chi connectivity index (χ2n) is 4.76. The molecule has 1 N–H and O–H groups in total. The third-order valence-corrected chi connectivity index (χ3v) is 3.38. The molecule has 2 rings (SSSR count). The standard InChI is InChI=1S/C11H18N2O/c1-8-10(7-13(3)12-8)11(2)5-4-9(14)6-11/h7,9,14H,4-6H2,1-3H3. The fraction of sp³-hybridized carbons (Fsp3) is 0.727. The summed E-state index contributed by atoms with van der Waals surface area (Å²) < 4.78 is 1.86. The van der Waals surface area contributed by atoms with Crippen LogP contribution in [0, 0.1) is 6.92 Å². The summed E-state index contributed by atoms with van der Waals surface area (Å²) in [6.07, 6.45) is 4.83. The molecule has 1 fully saturated rings. The van der Waals surface area contributed by atoms with E-state index < -0.39 is 0 Å². The van der Waals surface area contributed by atoms with Crippen LogP contribution in [0.25, 0.3) is 0 Å². The highest BCUT2D eigenvalue weighted by atomic mass is 16.3. The minimum atomic E-state index is -0.125. The lowest BCUT2D eigenvalue weighted by Crippen LogP contribution is -2.19. The molecule has 2 unspecified atom stereocenters. The van der Waals surface area contributed by atoms with Crippen LogP contribution in [0.1, 0.15) is 37.4 Å². The average Bonchev–Trinajstić information content (AvgIpc) is 2.57. The Morgan fingerprint density at radius 3 is 2.79 bits per heavy atom. The van der Waals surface area contributed by atoms with Gasteiger partial charge < -0.3 is 5.11 Å². The van der Waals surface area contributed by atoms with Gasteiger partial charge in [-0.3, -0.25) is 4.68 Å². The summed E-state index contributed by atoms with van der Waals surface area (Å²) in [5.74, 6) is 0. The van der Waals surface area contributed by atoms with E-state index in [0.717, 1.165) is 25.0 Å². The molecule has 0 spiro atoms. The van der Waals surface area contributed by atoms with Crippen LogP contribution < -0.4 is 0 Å². The van der Waals surface area contributed by atoms with Crippen LogP contribution in [-0.2, 0) is 12.5 Å². The fourth-order valence-corrected chi connectivity index (χ4v) is 2.65. The van der Waals surface area contributed by atoms with Crippen LogP contribution in [0.4, 0.5) is 0 Å². The van der Waals surface area contributed by atoms with E-state index in [-0.39, 0.29) is 11.5 Å². The van der Waals surface area contributed by atoms with Gasteiger partial charge >= 0.3 is 0 Å². The first-order valence-electron chi connectivity index (χ1n) is 5.20. The number of hydrogen-bond acceptors (Lipinski definition) is 2. The van der Waals surface area contributed by atoms with Crippen molar-refractivity contribution in [3.63, 3.8) is 0 Å². The molecule has 0 radical (unpaired) electrons. The average molecular weight is 194 g/mol. The van der Waals surface area contributed by atoms with Gasteiger partial charge in [0.15, 0.2) is 0 Å². The second kappa shape index (κ2) is 3.09. The van der Waals surface area contributed by atoms with Gasteiger partial charge in [-0.2, -0.15) is 5.10 Å². The minimum absolute atomic E-state index is 0.125. The molecule has 1 heterocycles. The molecule has 0 aromatic carbocycles. The number of aryl methyl sites for hydroxylation is 2. The van der Waals surface area contributed by atoms with E-state index in [2.05, 4.69) is 18.2 Å². The normalized spacial score (nSPS) is 32.4. The Labute approximate surface area is 84.7 Å². The highest BCUT2D eigenvalue weighted by Crippen LogP contribution is 2.41. The van der Waals surface area contributed by atoms with Crippen LogP contribution in [0.5, 0.6) is 0 Å². The van der Waals surface area contributed by atoms with Crippen molar-refractivity contribution < 1.29 is 5.11 Å². The van der Waals surface area contributed by atoms with Crippen molar-refractivity contribution in [3.05, 3.63) is 17.5 Å². The van der Waals surface area contributed by atoms with E-state index in [0.29, 0.717) is 0 Å². The van der Waals surface area contributed by atoms with Gasteiger partial charge in [0.25, 0.3) is 0 Å². The summed E-state index contributed by atoms with van der Waals surface area (Å²) >= 11 is 0. The molecular formula is C11H18N2O. The highest BCUT2D eigenvalue weighted by Gasteiger charge is 2.37. The number of aromatic nitrogens is 2. The first-order chi connectivity index (χ1) is 6.51. The SMILES string of the molecule is Cc1nn(C)cc1C1(C)CCC(O)C1. The van der Waals surface area contributed by atoms with E-state index in [9.17, 15) is 5.11 Å². The number of aliphatic hydroxyl groups excluding tert-OH is 1. The van der Waals surface area contributed by atoms with Crippen molar-refractivity contribution in [2.45, 2.75) is 44.6 Å². The zero-order valence-electron chi connectivity index (χ0n) is 9.12. The largest absolute Gasteiger partial charge is 0.393 e. The van der Waals surface area contributed by atoms with E-state index in [1.54, 1.807) is 0 Å². The van der Waals surface area contributed by atoms with Gasteiger partial charge in [-0.15, -0.1) is 0 Å². The Morgan fingerprint density at radius 2 is 2.36 bits per heavy atom. The first kappa shape index (κ1) is 9.71. The van der Waals surface area contributed by atoms with Crippen LogP contribution in [0.3, 0.4) is 0 Å². The first-order valence-corrected chi connectivity index (χ1v) is 5.20. The lowest BCUT2D eigenvalue weighted by Gasteiger charge is -2.22. The topological polar surface area (TPSA) is 38.0 Å². The molecule has 0 bridgehead atoms. The van der Waals surface area contributed by atoms with Crippen molar-refractivity contribution in [3.8, 4) is 0 Å². The molecule has 0 saturated heterocycles. The molecular weight excluding hydrogens is 176 g/mol. The van der Waals surface area contributed by atoms with Crippen LogP contribution in [0.2, 0.25) is 0 Å². The maximum atomic E-state index is 9.60. The number of aliphatic hydroxyl groups is 1. The number of hydrogen-bond donors (Lipinski definition) is 1. The molecule has 1 aliphatic carbocycles. The quantitative estimate of drug-likeness (QED) is 0.736. The highest BCUT2D eigenvalue weighted by molar-refractivity contribution is 5.27. The lowest BCUT2D eigenvalue weighted by atomic mass is 9.81. The van der Waals surface area contributed by atoms with Gasteiger partial charge in [-0.25, -0.2) is 0 Å². The summed E-state index contributed by atoms with van der Waals surface area (Å²) in [7, 11) is 1.95. The number of rotatable bonds is 1. The van der Waals surface area contributed by atoms with Crippen molar-refractivity contribution >= 4 is 0 Å². The second-order valence-corrected chi connectivity index (χ2v) is 4.76. The van der Waals surface area contributed by atoms with Gasteiger partial charge in [-0.05, 0) is 37.2 Å². The maximum absolute atomic E-state index is 9.60. The van der Waals surface area contributed by atoms with Crippen molar-refractivity contribution in [1.82, 2.24) is 9.78 Å². The van der Waals surface area contributed by atoms with Gasteiger partial charge in [0.1, 0.15) is 0 Å². The van der Waals surface area contributed by atoms with Crippen molar-refractivity contribution in [1.29, 1.82) is 0 Å². The Balaban J connectivity index is 2.34. The van der Waals surface area contributed by atoms with Crippen LogP contribution in [0.15, 0.2) is 6.20 Å². The Kier molecular flexibility index (Phi) is 2.14. The fourth-order valence-electron chi connectivity index (χ4n) is 2.65. The predicted molar refractivity (Wildman–Crippen MR) is 55.2 cm³/mol. The maximum Gasteiger partial charge on any atom is 0.0631 e. The molecule has 78 valence electrons. The van der Waals surface area contributed by atoms with Gasteiger partial charge in [0, 0.05) is 13.2 Å². The molecule has 3 heteroatoms. The summed E-state index contributed by atoms with van der Waals surface area (Å²) in [6.45, 7) is 4.28. The van der Waals surface area contributed by atoms with Gasteiger partial charge in [-0.1, -0.05) is 6.92 Å².